The molecule has 0 saturated heterocycles. The van der Waals surface area contributed by atoms with Gasteiger partial charge in [-0.05, 0) is 90.0 Å². The van der Waals surface area contributed by atoms with E-state index in [-0.39, 0.29) is 0 Å². The summed E-state index contributed by atoms with van der Waals surface area (Å²) in [5, 5.41) is 8.78. The molecule has 0 aliphatic heterocycles. The number of furan rings is 3. The predicted molar refractivity (Wildman–Crippen MR) is 299 cm³/mol. The minimum atomic E-state index is 0.566. The fraction of sp³-hybridized carbons (Fsp3) is 0. The van der Waals surface area contributed by atoms with Crippen molar-refractivity contribution in [2.45, 2.75) is 0 Å². The summed E-state index contributed by atoms with van der Waals surface area (Å²) in [6.45, 7) is 0. The lowest BCUT2D eigenvalue weighted by Crippen LogP contribution is -2.55. The summed E-state index contributed by atoms with van der Waals surface area (Å²) in [6, 6.07) is 57.2. The van der Waals surface area contributed by atoms with Crippen molar-refractivity contribution < 1.29 is 13.3 Å². The van der Waals surface area contributed by atoms with Gasteiger partial charge in [0.1, 0.15) is 72.7 Å². The first kappa shape index (κ1) is 39.7. The average Bonchev–Trinajstić information content (AvgIpc) is 4.15. The van der Waals surface area contributed by atoms with Gasteiger partial charge in [-0.2, -0.15) is 0 Å². The normalized spacial score (nSPS) is 12.1. The lowest BCUT2D eigenvalue weighted by Gasteiger charge is -2.20. The highest BCUT2D eigenvalue weighted by atomic mass is 16.3. The van der Waals surface area contributed by atoms with E-state index in [9.17, 15) is 0 Å². The van der Waals surface area contributed by atoms with Crippen molar-refractivity contribution in [2.24, 2.45) is 0 Å². The van der Waals surface area contributed by atoms with Gasteiger partial charge in [0.25, 0.3) is 0 Å². The highest BCUT2D eigenvalue weighted by Gasteiger charge is 2.22. The van der Waals surface area contributed by atoms with Crippen LogP contribution in [0.15, 0.2) is 177 Å². The first-order chi connectivity index (χ1) is 33.8. The maximum absolute atomic E-state index is 6.79. The van der Waals surface area contributed by atoms with Gasteiger partial charge in [0.2, 0.25) is 0 Å². The van der Waals surface area contributed by atoms with E-state index < -0.39 is 0 Å². The summed E-state index contributed by atoms with van der Waals surface area (Å²) in [6.07, 6.45) is 0. The summed E-state index contributed by atoms with van der Waals surface area (Å²) >= 11 is 0. The molecule has 69 heavy (non-hydrogen) atoms. The van der Waals surface area contributed by atoms with Crippen LogP contribution in [0, 0.1) is 0 Å². The van der Waals surface area contributed by atoms with Gasteiger partial charge < -0.3 is 17.8 Å². The van der Waals surface area contributed by atoms with E-state index in [2.05, 4.69) is 183 Å². The SMILES string of the molecule is Bc1c(B)c(B)c(-c2nc(-c3ccc4c(c3)oc3ccccc34)nc(-c3ccc4c(c3)oc3cc(-c5cccc6oc7ccc(-n8c9ccccc9c9ccccc98)cc7c56)ccc34)n2)c(B)c1B. The molecular weight excluding hydrogens is 843 g/mol. The molecule has 0 bridgehead atoms. The second-order valence-electron chi connectivity index (χ2n) is 18.5. The molecule has 0 fully saturated rings. The van der Waals surface area contributed by atoms with Crippen molar-refractivity contribution in [3.63, 3.8) is 0 Å². The summed E-state index contributed by atoms with van der Waals surface area (Å²) in [7, 11) is 10.9. The molecule has 0 aliphatic carbocycles. The number of hydrogen-bond acceptors (Lipinski definition) is 6. The molecule has 318 valence electrons. The molecule has 0 atom stereocenters. The number of aromatic nitrogens is 4. The summed E-state index contributed by atoms with van der Waals surface area (Å²) in [5.74, 6) is 1.78. The van der Waals surface area contributed by atoms with Crippen LogP contribution in [0.3, 0.4) is 0 Å². The van der Waals surface area contributed by atoms with Crippen LogP contribution in [-0.4, -0.2) is 58.8 Å². The third-order valence-electron chi connectivity index (χ3n) is 14.9. The molecule has 0 spiro atoms. The Morgan fingerprint density at radius 3 is 1.43 bits per heavy atom. The zero-order chi connectivity index (χ0) is 46.2. The molecule has 0 radical (unpaired) electrons. The van der Waals surface area contributed by atoms with E-state index in [4.69, 9.17) is 28.2 Å². The predicted octanol–water partition coefficient (Wildman–Crippen LogP) is 6.63. The van der Waals surface area contributed by atoms with Crippen LogP contribution in [0.25, 0.3) is 139 Å². The highest BCUT2D eigenvalue weighted by molar-refractivity contribution is 6.68. The van der Waals surface area contributed by atoms with E-state index in [1.54, 1.807) is 0 Å². The monoisotopic (exact) mass is 880 g/mol. The lowest BCUT2D eigenvalue weighted by atomic mass is 9.60. The second-order valence-corrected chi connectivity index (χ2v) is 18.5. The molecule has 5 aromatic heterocycles. The topological polar surface area (TPSA) is 83.0 Å². The molecule has 0 aliphatic rings. The van der Waals surface area contributed by atoms with Gasteiger partial charge in [-0.25, -0.2) is 15.0 Å². The Hall–Kier alpha value is -8.49. The van der Waals surface area contributed by atoms with Gasteiger partial charge in [0, 0.05) is 65.5 Å². The standard InChI is InChI=1S/C57H37B5N4O3/c58-50-49(51(59)53(61)54(62)52(50)60)57-64-55(29-17-21-36-35-10-3-6-14-42(35)68-46(36)25-29)63-56(65-57)30-18-22-38-37-20-16-28(24-45(37)69-47(38)26-30)32-11-7-15-44-48(32)39-27-31(19-23-43(39)67-44)66-40-12-4-1-8-33(40)34-9-2-5-13-41(34)66/h1-27H,58-62H2. The van der Waals surface area contributed by atoms with Crippen LogP contribution in [0.4, 0.5) is 0 Å². The summed E-state index contributed by atoms with van der Waals surface area (Å²) in [5.41, 5.74) is 19.2. The van der Waals surface area contributed by atoms with Crippen molar-refractivity contribution in [1.82, 2.24) is 19.5 Å². The highest BCUT2D eigenvalue weighted by Crippen LogP contribution is 2.42. The van der Waals surface area contributed by atoms with Crippen LogP contribution in [0.1, 0.15) is 0 Å². The average molecular weight is 880 g/mol. The quantitative estimate of drug-likeness (QED) is 0.181. The van der Waals surface area contributed by atoms with E-state index in [1.807, 2.05) is 24.3 Å². The largest absolute Gasteiger partial charge is 0.456 e. The molecule has 0 unspecified atom stereocenters. The van der Waals surface area contributed by atoms with Gasteiger partial charge in [-0.3, -0.25) is 0 Å². The van der Waals surface area contributed by atoms with Crippen molar-refractivity contribution in [1.29, 1.82) is 0 Å². The van der Waals surface area contributed by atoms with E-state index >= 15 is 0 Å². The molecule has 14 aromatic rings. The molecule has 0 saturated carbocycles. The van der Waals surface area contributed by atoms with Crippen molar-refractivity contribution in [2.75, 3.05) is 0 Å². The number of fused-ring (bicyclic) bond motifs is 12. The number of rotatable bonds is 5. The van der Waals surface area contributed by atoms with Crippen LogP contribution in [0.5, 0.6) is 0 Å². The summed E-state index contributed by atoms with van der Waals surface area (Å²) < 4.78 is 22.0. The Bertz CT molecular complexity index is 4450. The van der Waals surface area contributed by atoms with Crippen LogP contribution >= 0.6 is 0 Å². The smallest absolute Gasteiger partial charge is 0.164 e. The first-order valence-corrected chi connectivity index (χ1v) is 23.4. The second kappa shape index (κ2) is 14.8. The van der Waals surface area contributed by atoms with Crippen LogP contribution in [-0.2, 0) is 0 Å². The van der Waals surface area contributed by atoms with Crippen LogP contribution in [0.2, 0.25) is 0 Å². The molecule has 7 nitrogen and oxygen atoms in total. The maximum Gasteiger partial charge on any atom is 0.164 e. The van der Waals surface area contributed by atoms with E-state index in [0.29, 0.717) is 17.5 Å². The van der Waals surface area contributed by atoms with Gasteiger partial charge in [0.05, 0.1) is 11.0 Å². The van der Waals surface area contributed by atoms with Crippen molar-refractivity contribution in [3.05, 3.63) is 164 Å². The third kappa shape index (κ3) is 5.91. The van der Waals surface area contributed by atoms with Gasteiger partial charge >= 0.3 is 0 Å². The maximum atomic E-state index is 6.79. The minimum absolute atomic E-state index is 0.566. The number of para-hydroxylation sites is 3. The zero-order valence-electron chi connectivity index (χ0n) is 38.6. The van der Waals surface area contributed by atoms with Gasteiger partial charge in [-0.15, -0.1) is 16.4 Å². The van der Waals surface area contributed by atoms with E-state index in [0.717, 1.165) is 110 Å². The minimum Gasteiger partial charge on any atom is -0.456 e. The molecule has 0 N–H and O–H groups in total. The summed E-state index contributed by atoms with van der Waals surface area (Å²) in [4.78, 5) is 15.6. The lowest BCUT2D eigenvalue weighted by molar-refractivity contribution is 0.668. The molecule has 14 rings (SSSR count). The third-order valence-corrected chi connectivity index (χ3v) is 14.9. The fourth-order valence-electron chi connectivity index (χ4n) is 10.9. The number of nitrogens with zero attached hydrogens (tertiary/aromatic N) is 4. The molecule has 5 heterocycles. The van der Waals surface area contributed by atoms with Crippen molar-refractivity contribution in [3.8, 4) is 51.0 Å². The van der Waals surface area contributed by atoms with Gasteiger partial charge in [-0.1, -0.05) is 95.9 Å². The first-order valence-electron chi connectivity index (χ1n) is 23.4. The zero-order valence-corrected chi connectivity index (χ0v) is 38.6. The molecular formula is C57H37B5N4O3. The Kier molecular flexibility index (Phi) is 8.48. The van der Waals surface area contributed by atoms with Crippen molar-refractivity contribution >= 4 is 154 Å². The Morgan fingerprint density at radius 2 is 0.797 bits per heavy atom. The Morgan fingerprint density at radius 1 is 0.333 bits per heavy atom. The van der Waals surface area contributed by atoms with Gasteiger partial charge in [0.15, 0.2) is 17.5 Å². The molecule has 12 heteroatoms. The van der Waals surface area contributed by atoms with E-state index in [1.165, 1.54) is 38.2 Å². The Labute approximate surface area is 399 Å². The molecule has 0 amide bonds. The Balaban J connectivity index is 0.900. The van der Waals surface area contributed by atoms with Crippen LogP contribution < -0.4 is 27.3 Å². The number of hydrogen-bond donors (Lipinski definition) is 0. The molecule has 9 aromatic carbocycles. The number of benzene rings is 9. The fourth-order valence-corrected chi connectivity index (χ4v) is 10.9.